The highest BCUT2D eigenvalue weighted by molar-refractivity contribution is 5.97. The van der Waals surface area contributed by atoms with Crippen molar-refractivity contribution >= 4 is 5.91 Å². The summed E-state index contributed by atoms with van der Waals surface area (Å²) in [4.78, 5) is 14.6. The van der Waals surface area contributed by atoms with Gasteiger partial charge in [-0.2, -0.15) is 23.5 Å². The van der Waals surface area contributed by atoms with Crippen molar-refractivity contribution < 1.29 is 22.7 Å². The van der Waals surface area contributed by atoms with Crippen LogP contribution in [-0.4, -0.2) is 32.9 Å². The van der Waals surface area contributed by atoms with Crippen molar-refractivity contribution in [3.8, 4) is 11.8 Å². The molecule has 1 saturated carbocycles. The van der Waals surface area contributed by atoms with E-state index in [4.69, 9.17) is 10.00 Å². The Labute approximate surface area is 171 Å². The molecule has 2 aromatic rings. The number of aromatic nitrogens is 2. The molecule has 0 spiro atoms. The number of hydrogen-bond acceptors (Lipinski definition) is 4. The fourth-order valence-electron chi connectivity index (χ4n) is 3.68. The molecule has 0 unspecified atom stereocenters. The highest BCUT2D eigenvalue weighted by Crippen LogP contribution is 2.32. The van der Waals surface area contributed by atoms with Crippen molar-refractivity contribution in [3.05, 3.63) is 46.8 Å². The van der Waals surface area contributed by atoms with Crippen molar-refractivity contribution in [3.63, 3.8) is 0 Å². The third-order valence-electron chi connectivity index (χ3n) is 5.69. The Morgan fingerprint density at radius 3 is 2.73 bits per heavy atom. The number of nitrogens with zero attached hydrogens (tertiary/aromatic N) is 4. The third-order valence-corrected chi connectivity index (χ3v) is 5.69. The first-order valence-corrected chi connectivity index (χ1v) is 9.86. The van der Waals surface area contributed by atoms with E-state index in [1.165, 1.54) is 42.4 Å². The molecule has 0 N–H and O–H groups in total. The number of carbonyl (C=O) groups is 1. The largest absolute Gasteiger partial charge is 0.480 e. The van der Waals surface area contributed by atoms with Gasteiger partial charge in [0.25, 0.3) is 5.91 Å². The molecule has 0 radical (unpaired) electrons. The number of fused-ring (bicyclic) bond motifs is 1. The van der Waals surface area contributed by atoms with Crippen molar-refractivity contribution in [2.75, 3.05) is 0 Å². The molecule has 1 aliphatic carbocycles. The van der Waals surface area contributed by atoms with Crippen molar-refractivity contribution in [2.24, 2.45) is 5.92 Å². The van der Waals surface area contributed by atoms with E-state index >= 15 is 0 Å². The second-order valence-corrected chi connectivity index (χ2v) is 7.91. The molecular formula is C21H21F3N4O2. The first-order chi connectivity index (χ1) is 14.2. The lowest BCUT2D eigenvalue weighted by molar-refractivity contribution is -0.189. The first kappa shape index (κ1) is 20.3. The van der Waals surface area contributed by atoms with Gasteiger partial charge in [0.2, 0.25) is 0 Å². The molecule has 1 atom stereocenters. The molecule has 1 aromatic heterocycles. The normalized spacial score (nSPS) is 17.2. The average molecular weight is 418 g/mol. The fraction of sp³-hybridized carbons (Fsp3) is 0.476. The van der Waals surface area contributed by atoms with Crippen LogP contribution in [0.3, 0.4) is 0 Å². The maximum absolute atomic E-state index is 13.1. The Hall–Kier alpha value is -3.02. The van der Waals surface area contributed by atoms with Crippen LogP contribution in [0.15, 0.2) is 24.4 Å². The molecule has 1 aromatic carbocycles. The SMILES string of the molecule is C[C@H](Oc1ccc(C#N)cc1C(=O)N1Cc2cn(CC3CCC3)nc2C1)C(F)(F)F. The van der Waals surface area contributed by atoms with Crippen LogP contribution in [0, 0.1) is 17.2 Å². The van der Waals surface area contributed by atoms with E-state index < -0.39 is 18.2 Å². The van der Waals surface area contributed by atoms with E-state index in [1.54, 1.807) is 0 Å². The lowest BCUT2D eigenvalue weighted by Crippen LogP contribution is -2.32. The summed E-state index contributed by atoms with van der Waals surface area (Å²) < 4.78 is 45.7. The van der Waals surface area contributed by atoms with Crippen LogP contribution in [0.5, 0.6) is 5.75 Å². The van der Waals surface area contributed by atoms with E-state index in [1.807, 2.05) is 16.9 Å². The molecule has 0 saturated heterocycles. The van der Waals surface area contributed by atoms with Crippen LogP contribution < -0.4 is 4.74 Å². The number of benzene rings is 1. The Kier molecular flexibility index (Phi) is 5.18. The minimum absolute atomic E-state index is 0.0577. The van der Waals surface area contributed by atoms with Gasteiger partial charge < -0.3 is 9.64 Å². The van der Waals surface area contributed by atoms with Gasteiger partial charge in [-0.3, -0.25) is 9.48 Å². The lowest BCUT2D eigenvalue weighted by Gasteiger charge is -2.25. The molecule has 2 heterocycles. The van der Waals surface area contributed by atoms with Gasteiger partial charge in [-0.05, 0) is 43.9 Å². The molecule has 2 aliphatic rings. The summed E-state index contributed by atoms with van der Waals surface area (Å²) in [6, 6.07) is 5.75. The highest BCUT2D eigenvalue weighted by atomic mass is 19.4. The minimum atomic E-state index is -4.57. The second kappa shape index (κ2) is 7.67. The van der Waals surface area contributed by atoms with E-state index in [9.17, 15) is 18.0 Å². The summed E-state index contributed by atoms with van der Waals surface area (Å²) >= 11 is 0. The number of rotatable bonds is 5. The molecule has 1 aliphatic heterocycles. The van der Waals surface area contributed by atoms with Crippen LogP contribution in [0.1, 0.15) is 53.4 Å². The highest BCUT2D eigenvalue weighted by Gasteiger charge is 2.39. The maximum atomic E-state index is 13.1. The standard InChI is InChI=1S/C21H21F3N4O2/c1-13(21(22,23)24)30-19-6-5-15(8-25)7-17(19)20(29)27-10-16-11-28(26-18(16)12-27)9-14-3-2-4-14/h5-7,11,13-14H,2-4,9-10,12H2,1H3/t13-/m0/s1. The van der Waals surface area contributed by atoms with Crippen LogP contribution in [0.2, 0.25) is 0 Å². The zero-order valence-corrected chi connectivity index (χ0v) is 16.4. The summed E-state index contributed by atoms with van der Waals surface area (Å²) in [5, 5.41) is 13.7. The number of amides is 1. The molecule has 1 amide bonds. The summed E-state index contributed by atoms with van der Waals surface area (Å²) in [5.74, 6) is -0.0183. The van der Waals surface area contributed by atoms with Gasteiger partial charge in [-0.15, -0.1) is 0 Å². The lowest BCUT2D eigenvalue weighted by atomic mass is 9.85. The summed E-state index contributed by atoms with van der Waals surface area (Å²) in [5.41, 5.74) is 1.85. The summed E-state index contributed by atoms with van der Waals surface area (Å²) in [6.45, 7) is 2.35. The zero-order chi connectivity index (χ0) is 21.5. The predicted molar refractivity (Wildman–Crippen MR) is 100 cm³/mol. The van der Waals surface area contributed by atoms with Crippen molar-refractivity contribution in [1.29, 1.82) is 5.26 Å². The van der Waals surface area contributed by atoms with Crippen LogP contribution >= 0.6 is 0 Å². The van der Waals surface area contributed by atoms with Gasteiger partial charge in [-0.25, -0.2) is 0 Å². The Morgan fingerprint density at radius 1 is 1.37 bits per heavy atom. The van der Waals surface area contributed by atoms with E-state index in [0.717, 1.165) is 24.7 Å². The molecular weight excluding hydrogens is 397 g/mol. The van der Waals surface area contributed by atoms with Crippen molar-refractivity contribution in [2.45, 2.75) is 58.1 Å². The molecule has 30 heavy (non-hydrogen) atoms. The van der Waals surface area contributed by atoms with Gasteiger partial charge in [0, 0.05) is 24.8 Å². The average Bonchev–Trinajstić information content (AvgIpc) is 3.22. The molecule has 0 bridgehead atoms. The van der Waals surface area contributed by atoms with Crippen molar-refractivity contribution in [1.82, 2.24) is 14.7 Å². The van der Waals surface area contributed by atoms with Crippen LogP contribution in [0.25, 0.3) is 0 Å². The Balaban J connectivity index is 1.52. The van der Waals surface area contributed by atoms with Crippen LogP contribution in [0.4, 0.5) is 13.2 Å². The number of halogens is 3. The third kappa shape index (κ3) is 3.99. The van der Waals surface area contributed by atoms with E-state index in [-0.39, 0.29) is 23.4 Å². The van der Waals surface area contributed by atoms with Gasteiger partial charge in [0.05, 0.1) is 29.4 Å². The zero-order valence-electron chi connectivity index (χ0n) is 16.4. The fourth-order valence-corrected chi connectivity index (χ4v) is 3.68. The quantitative estimate of drug-likeness (QED) is 0.735. The Morgan fingerprint density at radius 2 is 2.13 bits per heavy atom. The molecule has 4 rings (SSSR count). The number of carbonyl (C=O) groups excluding carboxylic acids is 1. The van der Waals surface area contributed by atoms with E-state index in [0.29, 0.717) is 12.5 Å². The van der Waals surface area contributed by atoms with Crippen LogP contribution in [-0.2, 0) is 19.6 Å². The minimum Gasteiger partial charge on any atom is -0.480 e. The molecule has 9 heteroatoms. The van der Waals surface area contributed by atoms with Gasteiger partial charge in [0.1, 0.15) is 5.75 Å². The number of hydrogen-bond donors (Lipinski definition) is 0. The number of ether oxygens (including phenoxy) is 1. The predicted octanol–water partition coefficient (Wildman–Crippen LogP) is 4.04. The van der Waals surface area contributed by atoms with Gasteiger partial charge >= 0.3 is 6.18 Å². The maximum Gasteiger partial charge on any atom is 0.425 e. The molecule has 6 nitrogen and oxygen atoms in total. The van der Waals surface area contributed by atoms with Gasteiger partial charge in [0.15, 0.2) is 6.10 Å². The summed E-state index contributed by atoms with van der Waals surface area (Å²) in [6.07, 6.45) is -1.03. The Bertz CT molecular complexity index is 981. The van der Waals surface area contributed by atoms with E-state index in [2.05, 4.69) is 5.10 Å². The molecule has 158 valence electrons. The monoisotopic (exact) mass is 418 g/mol. The van der Waals surface area contributed by atoms with Gasteiger partial charge in [-0.1, -0.05) is 6.42 Å². The smallest absolute Gasteiger partial charge is 0.425 e. The first-order valence-electron chi connectivity index (χ1n) is 9.86. The molecule has 1 fully saturated rings. The summed E-state index contributed by atoms with van der Waals surface area (Å²) in [7, 11) is 0. The topological polar surface area (TPSA) is 71.2 Å². The second-order valence-electron chi connectivity index (χ2n) is 7.91. The number of nitriles is 1. The number of alkyl halides is 3.